The molecule has 0 saturated heterocycles. The molecule has 0 aliphatic rings. The van der Waals surface area contributed by atoms with Crippen LogP contribution in [0, 0.1) is 37.8 Å². The van der Waals surface area contributed by atoms with Crippen LogP contribution in [0.2, 0.25) is 0 Å². The lowest BCUT2D eigenvalue weighted by Gasteiger charge is -2.16. The number of nitrogens with one attached hydrogen (secondary N) is 2. The lowest BCUT2D eigenvalue weighted by atomic mass is 10.1. The highest BCUT2D eigenvalue weighted by Crippen LogP contribution is 2.30. The van der Waals surface area contributed by atoms with E-state index in [9.17, 15) is 14.9 Å². The van der Waals surface area contributed by atoms with Crippen LogP contribution in [0.1, 0.15) is 28.1 Å². The standard InChI is InChI=1S/C23H27N5O3/c1-15-11-12-21(28(30)31)23(16(15)2)24-22(29)14-26(5)13-20-17(3)25-27(18(20)4)19-9-7-6-8-10-19/h6-12H,13-14H2,1-5H3,(H,24,29)/p+1. The second-order valence-electron chi connectivity index (χ2n) is 7.91. The van der Waals surface area contributed by atoms with Gasteiger partial charge in [-0.3, -0.25) is 14.9 Å². The SMILES string of the molecule is Cc1ccc([N+](=O)[O-])c(NC(=O)C[NH+](C)Cc2c(C)nn(-c3ccccc3)c2C)c1C. The van der Waals surface area contributed by atoms with Crippen molar-refractivity contribution in [2.45, 2.75) is 34.2 Å². The molecule has 1 unspecified atom stereocenters. The maximum Gasteiger partial charge on any atom is 0.293 e. The van der Waals surface area contributed by atoms with E-state index in [4.69, 9.17) is 0 Å². The quantitative estimate of drug-likeness (QED) is 0.452. The highest BCUT2D eigenvalue weighted by atomic mass is 16.6. The number of likely N-dealkylation sites (N-methyl/N-ethyl adjacent to an activating group) is 1. The average molecular weight is 423 g/mol. The summed E-state index contributed by atoms with van der Waals surface area (Å²) in [6.07, 6.45) is 0. The van der Waals surface area contributed by atoms with Gasteiger partial charge in [-0.2, -0.15) is 5.10 Å². The molecule has 1 amide bonds. The number of benzene rings is 2. The zero-order valence-corrected chi connectivity index (χ0v) is 18.5. The van der Waals surface area contributed by atoms with Gasteiger partial charge in [0.1, 0.15) is 12.2 Å². The van der Waals surface area contributed by atoms with Gasteiger partial charge in [-0.05, 0) is 51.0 Å². The zero-order valence-electron chi connectivity index (χ0n) is 18.5. The van der Waals surface area contributed by atoms with Crippen molar-refractivity contribution in [3.05, 3.63) is 80.7 Å². The van der Waals surface area contributed by atoms with Crippen LogP contribution < -0.4 is 10.2 Å². The number of nitro groups is 1. The van der Waals surface area contributed by atoms with Crippen LogP contribution in [0.15, 0.2) is 42.5 Å². The number of carbonyl (C=O) groups is 1. The molecule has 1 heterocycles. The summed E-state index contributed by atoms with van der Waals surface area (Å²) >= 11 is 0. The first-order chi connectivity index (χ1) is 14.7. The van der Waals surface area contributed by atoms with Crippen molar-refractivity contribution in [1.29, 1.82) is 0 Å². The predicted octanol–water partition coefficient (Wildman–Crippen LogP) is 2.67. The van der Waals surface area contributed by atoms with Crippen molar-refractivity contribution in [2.24, 2.45) is 0 Å². The molecule has 8 heteroatoms. The van der Waals surface area contributed by atoms with Gasteiger partial charge in [-0.25, -0.2) is 4.68 Å². The van der Waals surface area contributed by atoms with Crippen LogP contribution in [0.5, 0.6) is 0 Å². The van der Waals surface area contributed by atoms with Crippen molar-refractivity contribution < 1.29 is 14.6 Å². The molecule has 31 heavy (non-hydrogen) atoms. The number of para-hydroxylation sites is 1. The lowest BCUT2D eigenvalue weighted by molar-refractivity contribution is -0.885. The number of aromatic nitrogens is 2. The van der Waals surface area contributed by atoms with Crippen molar-refractivity contribution in [2.75, 3.05) is 18.9 Å². The van der Waals surface area contributed by atoms with Gasteiger partial charge in [0.25, 0.3) is 11.6 Å². The van der Waals surface area contributed by atoms with Crippen molar-refractivity contribution in [3.8, 4) is 5.69 Å². The number of carbonyl (C=O) groups excluding carboxylic acids is 1. The Morgan fingerprint density at radius 3 is 2.45 bits per heavy atom. The molecule has 0 saturated carbocycles. The van der Waals surface area contributed by atoms with Gasteiger partial charge >= 0.3 is 0 Å². The normalized spacial score (nSPS) is 11.9. The first-order valence-electron chi connectivity index (χ1n) is 10.1. The number of hydrogen-bond donors (Lipinski definition) is 2. The summed E-state index contributed by atoms with van der Waals surface area (Å²) in [6, 6.07) is 13.0. The Labute approximate surface area is 181 Å². The molecule has 0 radical (unpaired) electrons. The smallest absolute Gasteiger partial charge is 0.293 e. The summed E-state index contributed by atoms with van der Waals surface area (Å²) in [5.41, 5.74) is 5.81. The Morgan fingerprint density at radius 2 is 1.81 bits per heavy atom. The molecule has 0 aliphatic carbocycles. The van der Waals surface area contributed by atoms with E-state index >= 15 is 0 Å². The fourth-order valence-electron chi connectivity index (χ4n) is 3.68. The van der Waals surface area contributed by atoms with Gasteiger partial charge in [0.05, 0.1) is 34.6 Å². The topological polar surface area (TPSA) is 94.5 Å². The fraction of sp³-hybridized carbons (Fsp3) is 0.304. The summed E-state index contributed by atoms with van der Waals surface area (Å²) in [5.74, 6) is -0.264. The second kappa shape index (κ2) is 9.09. The Balaban J connectivity index is 1.73. The van der Waals surface area contributed by atoms with E-state index < -0.39 is 4.92 Å². The summed E-state index contributed by atoms with van der Waals surface area (Å²) in [7, 11) is 1.93. The molecule has 3 rings (SSSR count). The molecule has 0 bridgehead atoms. The van der Waals surface area contributed by atoms with Crippen LogP contribution in [0.4, 0.5) is 11.4 Å². The molecule has 3 aromatic rings. The van der Waals surface area contributed by atoms with E-state index in [1.54, 1.807) is 13.0 Å². The molecule has 2 aromatic carbocycles. The van der Waals surface area contributed by atoms with E-state index in [0.29, 0.717) is 12.1 Å². The van der Waals surface area contributed by atoms with Crippen LogP contribution in [0.3, 0.4) is 0 Å². The van der Waals surface area contributed by atoms with E-state index in [2.05, 4.69) is 10.4 Å². The molecular formula is C23H28N5O3+. The fourth-order valence-corrected chi connectivity index (χ4v) is 3.68. The minimum absolute atomic E-state index is 0.0927. The molecule has 2 N–H and O–H groups in total. The molecule has 0 fully saturated rings. The predicted molar refractivity (Wildman–Crippen MR) is 120 cm³/mol. The number of quaternary nitrogens is 1. The Hall–Kier alpha value is -3.52. The van der Waals surface area contributed by atoms with Crippen molar-refractivity contribution in [3.63, 3.8) is 0 Å². The third-order valence-corrected chi connectivity index (χ3v) is 5.56. The average Bonchev–Trinajstić information content (AvgIpc) is 3.00. The first kappa shape index (κ1) is 22.2. The summed E-state index contributed by atoms with van der Waals surface area (Å²) in [5, 5.41) is 18.8. The molecule has 0 aliphatic heterocycles. The monoisotopic (exact) mass is 422 g/mol. The highest BCUT2D eigenvalue weighted by Gasteiger charge is 2.22. The molecular weight excluding hydrogens is 394 g/mol. The van der Waals surface area contributed by atoms with Crippen LogP contribution in [-0.4, -0.2) is 34.2 Å². The Kier molecular flexibility index (Phi) is 6.50. The molecule has 162 valence electrons. The lowest BCUT2D eigenvalue weighted by Crippen LogP contribution is -3.08. The number of nitro benzene ring substituents is 1. The number of anilines is 1. The number of hydrogen-bond acceptors (Lipinski definition) is 4. The van der Waals surface area contributed by atoms with Gasteiger partial charge in [0, 0.05) is 6.07 Å². The minimum atomic E-state index is -0.469. The van der Waals surface area contributed by atoms with E-state index in [0.717, 1.165) is 33.1 Å². The Bertz CT molecular complexity index is 1120. The third kappa shape index (κ3) is 4.80. The summed E-state index contributed by atoms with van der Waals surface area (Å²) in [4.78, 5) is 24.5. The van der Waals surface area contributed by atoms with Crippen molar-refractivity contribution in [1.82, 2.24) is 9.78 Å². The van der Waals surface area contributed by atoms with E-state index in [-0.39, 0.29) is 23.8 Å². The molecule has 1 atom stereocenters. The molecule has 0 spiro atoms. The first-order valence-corrected chi connectivity index (χ1v) is 10.1. The van der Waals surface area contributed by atoms with Gasteiger partial charge in [-0.1, -0.05) is 24.3 Å². The second-order valence-corrected chi connectivity index (χ2v) is 7.91. The van der Waals surface area contributed by atoms with Gasteiger partial charge < -0.3 is 10.2 Å². The van der Waals surface area contributed by atoms with Crippen LogP contribution in [-0.2, 0) is 11.3 Å². The maximum absolute atomic E-state index is 12.7. The van der Waals surface area contributed by atoms with Crippen LogP contribution >= 0.6 is 0 Å². The van der Waals surface area contributed by atoms with Gasteiger partial charge in [0.2, 0.25) is 0 Å². The summed E-state index contributed by atoms with van der Waals surface area (Å²) < 4.78 is 1.91. The minimum Gasteiger partial charge on any atom is -0.326 e. The highest BCUT2D eigenvalue weighted by molar-refractivity contribution is 5.95. The maximum atomic E-state index is 12.7. The molecule has 8 nitrogen and oxygen atoms in total. The number of amides is 1. The van der Waals surface area contributed by atoms with Crippen LogP contribution in [0.25, 0.3) is 5.69 Å². The Morgan fingerprint density at radius 1 is 1.13 bits per heavy atom. The van der Waals surface area contributed by atoms with Crippen molar-refractivity contribution >= 4 is 17.3 Å². The number of aryl methyl sites for hydroxylation is 2. The van der Waals surface area contributed by atoms with E-state index in [1.165, 1.54) is 6.07 Å². The summed E-state index contributed by atoms with van der Waals surface area (Å²) in [6.45, 7) is 8.43. The molecule has 1 aromatic heterocycles. The zero-order chi connectivity index (χ0) is 22.7. The van der Waals surface area contributed by atoms with E-state index in [1.807, 2.05) is 62.8 Å². The van der Waals surface area contributed by atoms with Gasteiger partial charge in [0.15, 0.2) is 6.54 Å². The largest absolute Gasteiger partial charge is 0.326 e. The number of nitrogens with zero attached hydrogens (tertiary/aromatic N) is 3. The third-order valence-electron chi connectivity index (χ3n) is 5.56. The number of rotatable bonds is 7. The van der Waals surface area contributed by atoms with Gasteiger partial charge in [-0.15, -0.1) is 0 Å².